The maximum atomic E-state index is 6.34. The number of morpholine rings is 1. The molecule has 1 unspecified atom stereocenters. The lowest BCUT2D eigenvalue weighted by Crippen LogP contribution is -2.39. The molecule has 2 aromatic carbocycles. The van der Waals surface area contributed by atoms with Crippen molar-refractivity contribution in [2.45, 2.75) is 13.0 Å². The second kappa shape index (κ2) is 6.38. The number of hydrogen-bond donors (Lipinski definition) is 0. The number of ether oxygens (including phenoxy) is 1. The molecule has 122 valence electrons. The molecule has 0 aliphatic carbocycles. The summed E-state index contributed by atoms with van der Waals surface area (Å²) in [5.41, 5.74) is 3.19. The van der Waals surface area contributed by atoms with Crippen LogP contribution in [0.15, 0.2) is 48.8 Å². The smallest absolute Gasteiger partial charge is 0.140 e. The Balaban J connectivity index is 1.70. The zero-order chi connectivity index (χ0) is 16.5. The Hall–Kier alpha value is -2.17. The number of aryl methyl sites for hydroxylation is 1. The van der Waals surface area contributed by atoms with Crippen LogP contribution in [-0.4, -0.2) is 29.7 Å². The van der Waals surface area contributed by atoms with Gasteiger partial charge in [-0.2, -0.15) is 0 Å². The molecule has 2 heterocycles. The highest BCUT2D eigenvalue weighted by atomic mass is 35.5. The second-order valence-corrected chi connectivity index (χ2v) is 6.45. The van der Waals surface area contributed by atoms with E-state index in [1.54, 1.807) is 6.33 Å². The van der Waals surface area contributed by atoms with Crippen molar-refractivity contribution in [3.63, 3.8) is 0 Å². The van der Waals surface area contributed by atoms with Crippen LogP contribution >= 0.6 is 11.6 Å². The highest BCUT2D eigenvalue weighted by molar-refractivity contribution is 6.31. The minimum absolute atomic E-state index is 0.0534. The van der Waals surface area contributed by atoms with Gasteiger partial charge in [-0.1, -0.05) is 41.4 Å². The van der Waals surface area contributed by atoms with Crippen LogP contribution in [0.1, 0.15) is 17.2 Å². The molecule has 5 heteroatoms. The summed E-state index contributed by atoms with van der Waals surface area (Å²) in [6.07, 6.45) is 1.58. The number of rotatable bonds is 2. The van der Waals surface area contributed by atoms with Gasteiger partial charge >= 0.3 is 0 Å². The van der Waals surface area contributed by atoms with Gasteiger partial charge in [-0.3, -0.25) is 0 Å². The summed E-state index contributed by atoms with van der Waals surface area (Å²) in [4.78, 5) is 11.2. The number of benzene rings is 2. The quantitative estimate of drug-likeness (QED) is 0.702. The molecule has 0 bridgehead atoms. The Labute approximate surface area is 146 Å². The zero-order valence-electron chi connectivity index (χ0n) is 13.4. The minimum atomic E-state index is -0.0534. The number of fused-ring (bicyclic) bond motifs is 1. The van der Waals surface area contributed by atoms with E-state index in [9.17, 15) is 0 Å². The lowest BCUT2D eigenvalue weighted by Gasteiger charge is -2.34. The van der Waals surface area contributed by atoms with Crippen LogP contribution in [-0.2, 0) is 4.74 Å². The molecule has 1 aliphatic heterocycles. The van der Waals surface area contributed by atoms with Crippen molar-refractivity contribution in [3.8, 4) is 0 Å². The normalized spacial score (nSPS) is 18.1. The van der Waals surface area contributed by atoms with E-state index in [4.69, 9.17) is 16.3 Å². The van der Waals surface area contributed by atoms with Crippen molar-refractivity contribution < 1.29 is 4.74 Å². The summed E-state index contributed by atoms with van der Waals surface area (Å²) in [7, 11) is 0. The van der Waals surface area contributed by atoms with Gasteiger partial charge < -0.3 is 9.64 Å². The van der Waals surface area contributed by atoms with Gasteiger partial charge in [0.1, 0.15) is 18.2 Å². The molecule has 1 saturated heterocycles. The fraction of sp³-hybridized carbons (Fsp3) is 0.263. The van der Waals surface area contributed by atoms with Crippen molar-refractivity contribution in [2.24, 2.45) is 0 Å². The van der Waals surface area contributed by atoms with Gasteiger partial charge in [0, 0.05) is 29.1 Å². The van der Waals surface area contributed by atoms with Gasteiger partial charge in [0.15, 0.2) is 0 Å². The van der Waals surface area contributed by atoms with E-state index in [1.165, 1.54) is 5.56 Å². The van der Waals surface area contributed by atoms with Gasteiger partial charge in [-0.05, 0) is 25.1 Å². The summed E-state index contributed by atoms with van der Waals surface area (Å²) in [5.74, 6) is 0.962. The highest BCUT2D eigenvalue weighted by Gasteiger charge is 2.25. The van der Waals surface area contributed by atoms with Crippen molar-refractivity contribution in [3.05, 3.63) is 64.9 Å². The molecule has 0 saturated carbocycles. The van der Waals surface area contributed by atoms with Crippen LogP contribution in [0.3, 0.4) is 0 Å². The average molecular weight is 340 g/mol. The largest absolute Gasteiger partial charge is 0.370 e. The summed E-state index contributed by atoms with van der Waals surface area (Å²) in [6, 6.07) is 14.1. The Morgan fingerprint density at radius 3 is 2.92 bits per heavy atom. The maximum absolute atomic E-state index is 6.34. The molecule has 24 heavy (non-hydrogen) atoms. The average Bonchev–Trinajstić information content (AvgIpc) is 2.61. The molecule has 4 rings (SSSR count). The molecule has 0 N–H and O–H groups in total. The third-order valence-corrected chi connectivity index (χ3v) is 4.73. The number of aromatic nitrogens is 2. The summed E-state index contributed by atoms with van der Waals surface area (Å²) < 4.78 is 5.96. The molecule has 1 aromatic heterocycles. The summed E-state index contributed by atoms with van der Waals surface area (Å²) >= 11 is 6.34. The van der Waals surface area contributed by atoms with Gasteiger partial charge in [-0.15, -0.1) is 0 Å². The van der Waals surface area contributed by atoms with Crippen molar-refractivity contribution >= 4 is 28.3 Å². The number of anilines is 1. The van der Waals surface area contributed by atoms with E-state index in [0.29, 0.717) is 6.61 Å². The van der Waals surface area contributed by atoms with Gasteiger partial charge in [0.2, 0.25) is 0 Å². The minimum Gasteiger partial charge on any atom is -0.370 e. The molecular formula is C19H18ClN3O. The summed E-state index contributed by atoms with van der Waals surface area (Å²) in [5, 5.41) is 1.82. The second-order valence-electron chi connectivity index (χ2n) is 6.04. The van der Waals surface area contributed by atoms with E-state index < -0.39 is 0 Å². The molecule has 1 fully saturated rings. The van der Waals surface area contributed by atoms with Crippen molar-refractivity contribution in [1.82, 2.24) is 9.97 Å². The molecule has 4 nitrogen and oxygen atoms in total. The predicted octanol–water partition coefficient (Wildman–Crippen LogP) is 4.17. The van der Waals surface area contributed by atoms with E-state index in [0.717, 1.165) is 40.4 Å². The van der Waals surface area contributed by atoms with E-state index >= 15 is 0 Å². The molecule has 3 aromatic rings. The molecule has 1 atom stereocenters. The predicted molar refractivity (Wildman–Crippen MR) is 96.6 cm³/mol. The molecule has 0 spiro atoms. The number of halogens is 1. The first-order valence-corrected chi connectivity index (χ1v) is 8.42. The Kier molecular flexibility index (Phi) is 4.08. The SMILES string of the molecule is Cc1ccc2ncnc(N3CCOC(c4ccccc4Cl)C3)c2c1. The van der Waals surface area contributed by atoms with Crippen LogP contribution in [0.4, 0.5) is 5.82 Å². The van der Waals surface area contributed by atoms with Gasteiger partial charge in [0.05, 0.1) is 12.1 Å². The molecule has 0 radical (unpaired) electrons. The van der Waals surface area contributed by atoms with Crippen LogP contribution in [0.25, 0.3) is 10.9 Å². The molecule has 1 aliphatic rings. The fourth-order valence-electron chi connectivity index (χ4n) is 3.17. The first-order chi connectivity index (χ1) is 11.7. The topological polar surface area (TPSA) is 38.2 Å². The van der Waals surface area contributed by atoms with Crippen LogP contribution in [0.2, 0.25) is 5.02 Å². The Morgan fingerprint density at radius 1 is 1.17 bits per heavy atom. The van der Waals surface area contributed by atoms with Gasteiger partial charge in [0.25, 0.3) is 0 Å². The van der Waals surface area contributed by atoms with Crippen molar-refractivity contribution in [1.29, 1.82) is 0 Å². The molecular weight excluding hydrogens is 322 g/mol. The van der Waals surface area contributed by atoms with Crippen LogP contribution in [0.5, 0.6) is 0 Å². The first kappa shape index (κ1) is 15.4. The lowest BCUT2D eigenvalue weighted by atomic mass is 10.1. The third kappa shape index (κ3) is 2.83. The van der Waals surface area contributed by atoms with Gasteiger partial charge in [-0.25, -0.2) is 9.97 Å². The maximum Gasteiger partial charge on any atom is 0.140 e. The van der Waals surface area contributed by atoms with E-state index in [-0.39, 0.29) is 6.10 Å². The van der Waals surface area contributed by atoms with E-state index in [1.807, 2.05) is 30.3 Å². The van der Waals surface area contributed by atoms with Crippen LogP contribution in [0, 0.1) is 6.92 Å². The van der Waals surface area contributed by atoms with Crippen molar-refractivity contribution in [2.75, 3.05) is 24.6 Å². The fourth-order valence-corrected chi connectivity index (χ4v) is 3.43. The monoisotopic (exact) mass is 339 g/mol. The number of hydrogen-bond acceptors (Lipinski definition) is 4. The highest BCUT2D eigenvalue weighted by Crippen LogP contribution is 2.32. The zero-order valence-corrected chi connectivity index (χ0v) is 14.2. The van der Waals surface area contributed by atoms with E-state index in [2.05, 4.69) is 33.9 Å². The summed E-state index contributed by atoms with van der Waals surface area (Å²) in [6.45, 7) is 4.26. The lowest BCUT2D eigenvalue weighted by molar-refractivity contribution is 0.0397. The first-order valence-electron chi connectivity index (χ1n) is 8.05. The Morgan fingerprint density at radius 2 is 2.04 bits per heavy atom. The third-order valence-electron chi connectivity index (χ3n) is 4.39. The Bertz CT molecular complexity index is 883. The number of nitrogens with zero attached hydrogens (tertiary/aromatic N) is 3. The standard InChI is InChI=1S/C19H18ClN3O/c1-13-6-7-17-15(10-13)19(22-12-21-17)23-8-9-24-18(11-23)14-4-2-3-5-16(14)20/h2-7,10,12,18H,8-9,11H2,1H3. The molecule has 0 amide bonds. The van der Waals surface area contributed by atoms with Crippen LogP contribution < -0.4 is 4.90 Å².